The van der Waals surface area contributed by atoms with Gasteiger partial charge in [-0.1, -0.05) is 42.3 Å². The highest BCUT2D eigenvalue weighted by Crippen LogP contribution is 2.24. The first-order chi connectivity index (χ1) is 13.0. The van der Waals surface area contributed by atoms with Crippen LogP contribution in [0.25, 0.3) is 11.0 Å². The molecule has 0 saturated carbocycles. The Labute approximate surface area is 165 Å². The van der Waals surface area contributed by atoms with Gasteiger partial charge in [0, 0.05) is 17.1 Å². The van der Waals surface area contributed by atoms with E-state index in [0.29, 0.717) is 10.6 Å². The summed E-state index contributed by atoms with van der Waals surface area (Å²) >= 11 is 11.7. The largest absolute Gasteiger partial charge is 0.464 e. The van der Waals surface area contributed by atoms with Crippen LogP contribution in [0.15, 0.2) is 41.1 Å². The Hall–Kier alpha value is -2.57. The minimum Gasteiger partial charge on any atom is -0.464 e. The van der Waals surface area contributed by atoms with Gasteiger partial charge in [-0.05, 0) is 24.1 Å². The quantitative estimate of drug-likeness (QED) is 0.612. The molecular formula is C19H16Cl2N2O4. The van der Waals surface area contributed by atoms with E-state index in [9.17, 15) is 9.59 Å². The first-order valence-electron chi connectivity index (χ1n) is 8.21. The fourth-order valence-electron chi connectivity index (χ4n) is 2.51. The molecule has 6 nitrogen and oxygen atoms in total. The molecule has 2 heterocycles. The molecule has 1 N–H and O–H groups in total. The van der Waals surface area contributed by atoms with Crippen LogP contribution in [0.1, 0.15) is 18.1 Å². The molecule has 8 heteroatoms. The molecule has 1 aromatic carbocycles. The van der Waals surface area contributed by atoms with Crippen LogP contribution in [-0.4, -0.2) is 23.5 Å². The normalized spacial score (nSPS) is 10.8. The molecule has 0 bridgehead atoms. The first-order valence-corrected chi connectivity index (χ1v) is 8.97. The predicted molar refractivity (Wildman–Crippen MR) is 103 cm³/mol. The van der Waals surface area contributed by atoms with E-state index in [1.54, 1.807) is 0 Å². The second-order valence-electron chi connectivity index (χ2n) is 5.81. The van der Waals surface area contributed by atoms with Gasteiger partial charge in [-0.2, -0.15) is 0 Å². The second-order valence-corrected chi connectivity index (χ2v) is 6.66. The monoisotopic (exact) mass is 406 g/mol. The van der Waals surface area contributed by atoms with Gasteiger partial charge >= 0.3 is 5.97 Å². The Kier molecular flexibility index (Phi) is 5.98. The number of ether oxygens (including phenoxy) is 1. The van der Waals surface area contributed by atoms with Gasteiger partial charge in [0.15, 0.2) is 12.4 Å². The Balaban J connectivity index is 1.56. The lowest BCUT2D eigenvalue weighted by Gasteiger charge is -2.07. The molecule has 0 unspecified atom stereocenters. The van der Waals surface area contributed by atoms with Crippen LogP contribution in [0.4, 0.5) is 5.82 Å². The number of carbonyl (C=O) groups is 2. The van der Waals surface area contributed by atoms with Crippen molar-refractivity contribution in [2.45, 2.75) is 19.8 Å². The third-order valence-electron chi connectivity index (χ3n) is 3.89. The number of hydrogen-bond acceptors (Lipinski definition) is 5. The number of aromatic nitrogens is 1. The van der Waals surface area contributed by atoms with Crippen LogP contribution in [0.5, 0.6) is 0 Å². The predicted octanol–water partition coefficient (Wildman–Crippen LogP) is 4.42. The number of halogens is 2. The van der Waals surface area contributed by atoms with Crippen molar-refractivity contribution in [2.24, 2.45) is 0 Å². The Morgan fingerprint density at radius 3 is 2.81 bits per heavy atom. The van der Waals surface area contributed by atoms with E-state index in [4.69, 9.17) is 32.4 Å². The Bertz CT molecular complexity index is 1000. The molecule has 0 saturated heterocycles. The van der Waals surface area contributed by atoms with E-state index in [2.05, 4.69) is 17.2 Å². The summed E-state index contributed by atoms with van der Waals surface area (Å²) in [6.07, 6.45) is 3.78. The maximum Gasteiger partial charge on any atom is 0.310 e. The van der Waals surface area contributed by atoms with Gasteiger partial charge < -0.3 is 14.5 Å². The smallest absolute Gasteiger partial charge is 0.310 e. The molecule has 3 rings (SSSR count). The van der Waals surface area contributed by atoms with Crippen LogP contribution in [0.2, 0.25) is 10.0 Å². The minimum absolute atomic E-state index is 0.00566. The molecule has 2 aromatic heterocycles. The number of amides is 1. The lowest BCUT2D eigenvalue weighted by atomic mass is 10.1. The van der Waals surface area contributed by atoms with Crippen molar-refractivity contribution in [3.05, 3.63) is 57.9 Å². The fraction of sp³-hybridized carbons (Fsp3) is 0.211. The lowest BCUT2D eigenvalue weighted by molar-refractivity contribution is -0.146. The summed E-state index contributed by atoms with van der Waals surface area (Å²) in [6, 6.07) is 7.30. The standard InChI is InChI=1S/C19H16Cl2N2O4/c1-2-11-3-4-14-12(9-26-16(14)5-11)6-18(25)27-10-17(24)23-19-15(21)7-13(20)8-22-19/h3-5,7-9H,2,6,10H2,1H3,(H,22,23,24). The number of carbonyl (C=O) groups excluding carboxylic acids is 2. The Morgan fingerprint density at radius 2 is 2.07 bits per heavy atom. The maximum atomic E-state index is 12.0. The number of benzene rings is 1. The molecule has 3 aromatic rings. The summed E-state index contributed by atoms with van der Waals surface area (Å²) in [5.74, 6) is -0.943. The van der Waals surface area contributed by atoms with Crippen molar-refractivity contribution >= 4 is 51.9 Å². The van der Waals surface area contributed by atoms with E-state index in [-0.39, 0.29) is 17.3 Å². The van der Waals surface area contributed by atoms with E-state index < -0.39 is 18.5 Å². The number of aryl methyl sites for hydroxylation is 1. The molecule has 27 heavy (non-hydrogen) atoms. The third-order valence-corrected chi connectivity index (χ3v) is 4.39. The summed E-state index contributed by atoms with van der Waals surface area (Å²) in [5, 5.41) is 3.85. The van der Waals surface area contributed by atoms with Crippen molar-refractivity contribution in [2.75, 3.05) is 11.9 Å². The number of fused-ring (bicyclic) bond motifs is 1. The number of pyridine rings is 1. The summed E-state index contributed by atoms with van der Waals surface area (Å²) in [4.78, 5) is 27.8. The lowest BCUT2D eigenvalue weighted by Crippen LogP contribution is -2.22. The maximum absolute atomic E-state index is 12.0. The Morgan fingerprint density at radius 1 is 1.26 bits per heavy atom. The van der Waals surface area contributed by atoms with Crippen molar-refractivity contribution in [1.29, 1.82) is 0 Å². The topological polar surface area (TPSA) is 81.4 Å². The number of nitrogens with zero attached hydrogens (tertiary/aromatic N) is 1. The van der Waals surface area contributed by atoms with Crippen LogP contribution >= 0.6 is 23.2 Å². The van der Waals surface area contributed by atoms with E-state index in [1.165, 1.54) is 18.5 Å². The van der Waals surface area contributed by atoms with Crippen LogP contribution in [-0.2, 0) is 27.2 Å². The molecule has 0 aliphatic carbocycles. The van der Waals surface area contributed by atoms with Crippen LogP contribution in [0.3, 0.4) is 0 Å². The van der Waals surface area contributed by atoms with Crippen molar-refractivity contribution < 1.29 is 18.7 Å². The molecule has 140 valence electrons. The molecule has 0 fully saturated rings. The van der Waals surface area contributed by atoms with Crippen LogP contribution < -0.4 is 5.32 Å². The van der Waals surface area contributed by atoms with Gasteiger partial charge in [0.25, 0.3) is 5.91 Å². The summed E-state index contributed by atoms with van der Waals surface area (Å²) in [7, 11) is 0. The summed E-state index contributed by atoms with van der Waals surface area (Å²) < 4.78 is 10.5. The minimum atomic E-state index is -0.551. The number of furan rings is 1. The van der Waals surface area contributed by atoms with Gasteiger partial charge in [0.1, 0.15) is 5.58 Å². The van der Waals surface area contributed by atoms with Gasteiger partial charge in [-0.15, -0.1) is 0 Å². The summed E-state index contributed by atoms with van der Waals surface area (Å²) in [5.41, 5.74) is 2.58. The van der Waals surface area contributed by atoms with Crippen LogP contribution in [0, 0.1) is 0 Å². The average Bonchev–Trinajstić information content (AvgIpc) is 3.04. The summed E-state index contributed by atoms with van der Waals surface area (Å²) in [6.45, 7) is 1.61. The SMILES string of the molecule is CCc1ccc2c(CC(=O)OCC(=O)Nc3ncc(Cl)cc3Cl)coc2c1. The van der Waals surface area contributed by atoms with Crippen molar-refractivity contribution in [3.63, 3.8) is 0 Å². The molecule has 0 aliphatic rings. The zero-order valence-electron chi connectivity index (χ0n) is 14.4. The highest BCUT2D eigenvalue weighted by Gasteiger charge is 2.14. The molecule has 0 spiro atoms. The molecule has 0 atom stereocenters. The highest BCUT2D eigenvalue weighted by atomic mass is 35.5. The number of esters is 1. The van der Waals surface area contributed by atoms with E-state index in [0.717, 1.165) is 23.0 Å². The molecule has 0 aliphatic heterocycles. The highest BCUT2D eigenvalue weighted by molar-refractivity contribution is 6.36. The molecular weight excluding hydrogens is 391 g/mol. The fourth-order valence-corrected chi connectivity index (χ4v) is 2.94. The number of hydrogen-bond donors (Lipinski definition) is 1. The number of anilines is 1. The zero-order chi connectivity index (χ0) is 19.4. The van der Waals surface area contributed by atoms with Crippen molar-refractivity contribution in [1.82, 2.24) is 4.98 Å². The van der Waals surface area contributed by atoms with Gasteiger partial charge in [0.05, 0.1) is 22.7 Å². The first kappa shape index (κ1) is 19.2. The average molecular weight is 407 g/mol. The third kappa shape index (κ3) is 4.78. The van der Waals surface area contributed by atoms with Gasteiger partial charge in [-0.3, -0.25) is 9.59 Å². The zero-order valence-corrected chi connectivity index (χ0v) is 15.9. The van der Waals surface area contributed by atoms with Gasteiger partial charge in [0.2, 0.25) is 0 Å². The number of nitrogens with one attached hydrogen (secondary N) is 1. The van der Waals surface area contributed by atoms with E-state index in [1.807, 2.05) is 18.2 Å². The van der Waals surface area contributed by atoms with Gasteiger partial charge in [-0.25, -0.2) is 4.98 Å². The number of rotatable bonds is 6. The second kappa shape index (κ2) is 8.41. The van der Waals surface area contributed by atoms with E-state index >= 15 is 0 Å². The van der Waals surface area contributed by atoms with Crippen molar-refractivity contribution in [3.8, 4) is 0 Å². The molecule has 1 amide bonds. The molecule has 0 radical (unpaired) electrons.